The van der Waals surface area contributed by atoms with Crippen molar-refractivity contribution >= 4 is 31.8 Å². The molecule has 1 aromatic heterocycles. The zero-order valence-corrected chi connectivity index (χ0v) is 12.3. The van der Waals surface area contributed by atoms with Gasteiger partial charge in [0.2, 0.25) is 10.0 Å². The van der Waals surface area contributed by atoms with Crippen LogP contribution in [0.3, 0.4) is 0 Å². The van der Waals surface area contributed by atoms with Crippen molar-refractivity contribution in [2.75, 3.05) is 12.0 Å². The highest BCUT2D eigenvalue weighted by Crippen LogP contribution is 2.30. The van der Waals surface area contributed by atoms with E-state index in [9.17, 15) is 8.42 Å². The molecule has 1 unspecified atom stereocenters. The molecule has 0 amide bonds. The summed E-state index contributed by atoms with van der Waals surface area (Å²) in [5.74, 6) is 5.48. The Labute approximate surface area is 115 Å². The van der Waals surface area contributed by atoms with Gasteiger partial charge in [-0.1, -0.05) is 0 Å². The van der Waals surface area contributed by atoms with E-state index < -0.39 is 10.0 Å². The summed E-state index contributed by atoms with van der Waals surface area (Å²) in [5, 5.41) is 0. The molecule has 0 bridgehead atoms. The minimum absolute atomic E-state index is 0.0135. The molecule has 2 heterocycles. The van der Waals surface area contributed by atoms with Crippen LogP contribution < -0.4 is 11.3 Å². The lowest BCUT2D eigenvalue weighted by molar-refractivity contribution is 0.408. The van der Waals surface area contributed by atoms with Crippen LogP contribution in [0.15, 0.2) is 21.6 Å². The van der Waals surface area contributed by atoms with Gasteiger partial charge in [0.1, 0.15) is 4.90 Å². The fourth-order valence-corrected chi connectivity index (χ4v) is 4.43. The Morgan fingerprint density at radius 2 is 2.33 bits per heavy atom. The second-order valence-electron chi connectivity index (χ2n) is 4.25. The van der Waals surface area contributed by atoms with E-state index in [0.29, 0.717) is 11.0 Å². The molecule has 3 N–H and O–H groups in total. The average Bonchev–Trinajstić information content (AvgIpc) is 2.76. The maximum Gasteiger partial charge on any atom is 0.247 e. The lowest BCUT2D eigenvalue weighted by Gasteiger charge is -2.22. The van der Waals surface area contributed by atoms with Gasteiger partial charge in [-0.15, -0.1) is 0 Å². The monoisotopic (exact) mass is 334 g/mol. The maximum absolute atomic E-state index is 12.5. The molecule has 8 heteroatoms. The quantitative estimate of drug-likeness (QED) is 0.642. The van der Waals surface area contributed by atoms with Crippen LogP contribution >= 0.6 is 15.9 Å². The van der Waals surface area contributed by atoms with Crippen molar-refractivity contribution in [2.45, 2.75) is 30.7 Å². The number of aromatic nitrogens is 1. The van der Waals surface area contributed by atoms with Crippen LogP contribution in [0.25, 0.3) is 0 Å². The van der Waals surface area contributed by atoms with Crippen molar-refractivity contribution in [2.24, 2.45) is 5.84 Å². The van der Waals surface area contributed by atoms with Gasteiger partial charge in [-0.25, -0.2) is 19.2 Å². The number of anilines is 1. The molecule has 100 valence electrons. The highest BCUT2D eigenvalue weighted by Gasteiger charge is 2.34. The lowest BCUT2D eigenvalue weighted by atomic mass is 10.3. The first kappa shape index (κ1) is 13.7. The van der Waals surface area contributed by atoms with E-state index in [1.807, 2.05) is 6.92 Å². The molecule has 1 atom stereocenters. The van der Waals surface area contributed by atoms with Gasteiger partial charge in [0.15, 0.2) is 5.82 Å². The van der Waals surface area contributed by atoms with Crippen LogP contribution in [-0.2, 0) is 10.0 Å². The smallest absolute Gasteiger partial charge is 0.247 e. The molecule has 6 nitrogen and oxygen atoms in total. The third-order valence-corrected chi connectivity index (χ3v) is 5.50. The number of hydrazine groups is 1. The van der Waals surface area contributed by atoms with E-state index in [1.165, 1.54) is 16.6 Å². The van der Waals surface area contributed by atoms with Gasteiger partial charge in [-0.05, 0) is 41.8 Å². The lowest BCUT2D eigenvalue weighted by Crippen LogP contribution is -2.34. The van der Waals surface area contributed by atoms with Gasteiger partial charge >= 0.3 is 0 Å². The molecule has 1 saturated heterocycles. The molecular weight excluding hydrogens is 320 g/mol. The van der Waals surface area contributed by atoms with Gasteiger partial charge in [0.25, 0.3) is 0 Å². The first-order valence-corrected chi connectivity index (χ1v) is 7.84. The van der Waals surface area contributed by atoms with E-state index in [-0.39, 0.29) is 16.8 Å². The molecule has 0 spiro atoms. The SMILES string of the molecule is CC1CCCN1S(=O)(=O)c1cc(Br)cnc1NN. The van der Waals surface area contributed by atoms with E-state index in [1.54, 1.807) is 0 Å². The summed E-state index contributed by atoms with van der Waals surface area (Å²) in [4.78, 5) is 4.08. The Morgan fingerprint density at radius 1 is 1.61 bits per heavy atom. The number of nitrogen functional groups attached to an aromatic ring is 1. The molecule has 1 aliphatic rings. The molecule has 18 heavy (non-hydrogen) atoms. The Morgan fingerprint density at radius 3 is 2.89 bits per heavy atom. The minimum atomic E-state index is -3.55. The van der Waals surface area contributed by atoms with Crippen molar-refractivity contribution < 1.29 is 8.42 Å². The van der Waals surface area contributed by atoms with E-state index in [0.717, 1.165) is 12.8 Å². The second kappa shape index (κ2) is 5.12. The largest absolute Gasteiger partial charge is 0.307 e. The molecule has 0 radical (unpaired) electrons. The molecule has 1 aliphatic heterocycles. The number of halogens is 1. The number of nitrogens with two attached hydrogens (primary N) is 1. The molecule has 0 saturated carbocycles. The number of rotatable bonds is 3. The van der Waals surface area contributed by atoms with Crippen LogP contribution in [-0.4, -0.2) is 30.3 Å². The van der Waals surface area contributed by atoms with Gasteiger partial charge in [-0.3, -0.25) is 0 Å². The summed E-state index contributed by atoms with van der Waals surface area (Å²) in [7, 11) is -3.55. The molecule has 0 aliphatic carbocycles. The zero-order chi connectivity index (χ0) is 13.3. The van der Waals surface area contributed by atoms with Crippen LogP contribution in [0.1, 0.15) is 19.8 Å². The fraction of sp³-hybridized carbons (Fsp3) is 0.500. The number of nitrogens with zero attached hydrogens (tertiary/aromatic N) is 2. The van der Waals surface area contributed by atoms with Crippen molar-refractivity contribution in [3.63, 3.8) is 0 Å². The van der Waals surface area contributed by atoms with E-state index in [2.05, 4.69) is 26.3 Å². The van der Waals surface area contributed by atoms with Gasteiger partial charge in [0.05, 0.1) is 0 Å². The summed E-state index contributed by atoms with van der Waals surface area (Å²) >= 11 is 3.23. The van der Waals surface area contributed by atoms with E-state index in [4.69, 9.17) is 5.84 Å². The molecule has 1 aromatic rings. The van der Waals surface area contributed by atoms with Crippen LogP contribution in [0, 0.1) is 0 Å². The highest BCUT2D eigenvalue weighted by atomic mass is 79.9. The number of hydrogen-bond donors (Lipinski definition) is 2. The first-order chi connectivity index (χ1) is 8.46. The Balaban J connectivity index is 2.49. The topological polar surface area (TPSA) is 88.3 Å². The summed E-state index contributed by atoms with van der Waals surface area (Å²) < 4.78 is 27.2. The van der Waals surface area contributed by atoms with Gasteiger partial charge in [-0.2, -0.15) is 4.31 Å². The molecule has 0 aromatic carbocycles. The summed E-state index contributed by atoms with van der Waals surface area (Å²) in [6.45, 7) is 2.45. The third kappa shape index (κ3) is 2.37. The zero-order valence-electron chi connectivity index (χ0n) is 9.93. The first-order valence-electron chi connectivity index (χ1n) is 5.61. The van der Waals surface area contributed by atoms with Gasteiger partial charge < -0.3 is 5.43 Å². The number of pyridine rings is 1. The predicted octanol–water partition coefficient (Wildman–Crippen LogP) is 1.30. The average molecular weight is 335 g/mol. The highest BCUT2D eigenvalue weighted by molar-refractivity contribution is 9.10. The summed E-state index contributed by atoms with van der Waals surface area (Å²) in [6, 6.07) is 1.53. The maximum atomic E-state index is 12.5. The molecule has 1 fully saturated rings. The summed E-state index contributed by atoms with van der Waals surface area (Å²) in [5.41, 5.74) is 2.33. The predicted molar refractivity (Wildman–Crippen MR) is 72.3 cm³/mol. The van der Waals surface area contributed by atoms with Crippen LogP contribution in [0.5, 0.6) is 0 Å². The minimum Gasteiger partial charge on any atom is -0.307 e. The Kier molecular flexibility index (Phi) is 3.90. The molecule has 2 rings (SSSR count). The van der Waals surface area contributed by atoms with Crippen molar-refractivity contribution in [1.29, 1.82) is 0 Å². The standard InChI is InChI=1S/C10H15BrN4O2S/c1-7-3-2-4-15(7)18(16,17)9-5-8(11)6-13-10(9)14-12/h5-7H,2-4,12H2,1H3,(H,13,14). The Bertz CT molecular complexity index is 549. The van der Waals surface area contributed by atoms with E-state index >= 15 is 0 Å². The molecular formula is C10H15BrN4O2S. The second-order valence-corrected chi connectivity index (χ2v) is 7.03. The third-order valence-electron chi connectivity index (χ3n) is 3.03. The summed E-state index contributed by atoms with van der Waals surface area (Å²) in [6.07, 6.45) is 3.26. The number of sulfonamides is 1. The van der Waals surface area contributed by atoms with Crippen LogP contribution in [0.2, 0.25) is 0 Å². The number of hydrogen-bond acceptors (Lipinski definition) is 5. The van der Waals surface area contributed by atoms with Crippen LogP contribution in [0.4, 0.5) is 5.82 Å². The van der Waals surface area contributed by atoms with Gasteiger partial charge in [0, 0.05) is 23.3 Å². The fourth-order valence-electron chi connectivity index (χ4n) is 2.12. The normalized spacial score (nSPS) is 21.2. The van der Waals surface area contributed by atoms with Crippen molar-refractivity contribution in [3.8, 4) is 0 Å². The van der Waals surface area contributed by atoms with Crippen molar-refractivity contribution in [3.05, 3.63) is 16.7 Å². The Hall–Kier alpha value is -0.700. The van der Waals surface area contributed by atoms with Crippen molar-refractivity contribution in [1.82, 2.24) is 9.29 Å². The number of nitrogens with one attached hydrogen (secondary N) is 1.